The summed E-state index contributed by atoms with van der Waals surface area (Å²) in [5.74, 6) is -0.791. The molecule has 4 nitrogen and oxygen atoms in total. The summed E-state index contributed by atoms with van der Waals surface area (Å²) < 4.78 is 9.40. The minimum Gasteiger partial charge on any atom is -0.466 e. The van der Waals surface area contributed by atoms with Gasteiger partial charge in [0.05, 0.1) is 12.7 Å². The summed E-state index contributed by atoms with van der Waals surface area (Å²) in [5, 5.41) is 0. The average molecular weight is 184 g/mol. The molecular formula is C9H12O4. The Bertz CT molecular complexity index is 244. The molecule has 1 aliphatic heterocycles. The Kier molecular flexibility index (Phi) is 3.06. The van der Waals surface area contributed by atoms with Gasteiger partial charge in [-0.25, -0.2) is 4.79 Å². The molecule has 0 amide bonds. The van der Waals surface area contributed by atoms with Crippen molar-refractivity contribution >= 4 is 11.9 Å². The minimum absolute atomic E-state index is 0.218. The zero-order chi connectivity index (χ0) is 9.84. The number of methoxy groups -OCH3 is 1. The zero-order valence-electron chi connectivity index (χ0n) is 7.54. The minimum atomic E-state index is -0.514. The van der Waals surface area contributed by atoms with Gasteiger partial charge in [-0.3, -0.25) is 4.79 Å². The molecule has 1 fully saturated rings. The van der Waals surface area contributed by atoms with Crippen molar-refractivity contribution in [1.29, 1.82) is 0 Å². The maximum Gasteiger partial charge on any atom is 0.336 e. The number of hydrogen-bond donors (Lipinski definition) is 0. The highest BCUT2D eigenvalue weighted by atomic mass is 16.6. The van der Waals surface area contributed by atoms with Gasteiger partial charge in [0, 0.05) is 6.42 Å². The first-order valence-electron chi connectivity index (χ1n) is 4.11. The fourth-order valence-corrected chi connectivity index (χ4v) is 1.22. The van der Waals surface area contributed by atoms with Crippen molar-refractivity contribution in [1.82, 2.24) is 0 Å². The SMILES string of the molecule is C=C(C(=O)OC)C1CCCC(=O)O1. The van der Waals surface area contributed by atoms with Crippen LogP contribution in [0.2, 0.25) is 0 Å². The highest BCUT2D eigenvalue weighted by molar-refractivity contribution is 5.89. The average Bonchev–Trinajstić information content (AvgIpc) is 2.15. The van der Waals surface area contributed by atoms with Crippen molar-refractivity contribution in [2.75, 3.05) is 7.11 Å². The first kappa shape index (κ1) is 9.77. The number of ether oxygens (including phenoxy) is 2. The molecule has 0 spiro atoms. The van der Waals surface area contributed by atoms with Gasteiger partial charge in [-0.2, -0.15) is 0 Å². The Morgan fingerprint density at radius 3 is 2.92 bits per heavy atom. The number of carbonyl (C=O) groups excluding carboxylic acids is 2. The first-order valence-corrected chi connectivity index (χ1v) is 4.11. The molecule has 0 aromatic rings. The van der Waals surface area contributed by atoms with E-state index in [0.29, 0.717) is 12.8 Å². The maximum absolute atomic E-state index is 11.0. The van der Waals surface area contributed by atoms with E-state index in [2.05, 4.69) is 11.3 Å². The Balaban J connectivity index is 2.56. The monoisotopic (exact) mass is 184 g/mol. The molecule has 0 saturated carbocycles. The lowest BCUT2D eigenvalue weighted by Crippen LogP contribution is -2.28. The summed E-state index contributed by atoms with van der Waals surface area (Å²) in [7, 11) is 1.28. The van der Waals surface area contributed by atoms with Crippen LogP contribution in [0.15, 0.2) is 12.2 Å². The predicted molar refractivity (Wildman–Crippen MR) is 44.9 cm³/mol. The Morgan fingerprint density at radius 1 is 1.69 bits per heavy atom. The van der Waals surface area contributed by atoms with Crippen LogP contribution in [0.3, 0.4) is 0 Å². The third-order valence-corrected chi connectivity index (χ3v) is 1.96. The topological polar surface area (TPSA) is 52.6 Å². The largest absolute Gasteiger partial charge is 0.466 e. The lowest BCUT2D eigenvalue weighted by Gasteiger charge is -2.22. The summed E-state index contributed by atoms with van der Waals surface area (Å²) in [5.41, 5.74) is 0.218. The van der Waals surface area contributed by atoms with Crippen LogP contribution in [-0.2, 0) is 19.1 Å². The van der Waals surface area contributed by atoms with E-state index in [4.69, 9.17) is 4.74 Å². The van der Waals surface area contributed by atoms with Crippen molar-refractivity contribution in [3.8, 4) is 0 Å². The molecule has 1 unspecified atom stereocenters. The van der Waals surface area contributed by atoms with Gasteiger partial charge in [0.1, 0.15) is 6.10 Å². The number of rotatable bonds is 2. The second kappa shape index (κ2) is 4.07. The van der Waals surface area contributed by atoms with E-state index in [1.54, 1.807) is 0 Å². The van der Waals surface area contributed by atoms with Crippen LogP contribution in [0, 0.1) is 0 Å². The summed E-state index contributed by atoms with van der Waals surface area (Å²) in [6.45, 7) is 3.53. The van der Waals surface area contributed by atoms with E-state index in [1.165, 1.54) is 7.11 Å². The summed E-state index contributed by atoms with van der Waals surface area (Å²) in [4.78, 5) is 21.9. The standard InChI is InChI=1S/C9H12O4/c1-6(9(11)12-2)7-4-3-5-8(10)13-7/h7H,1,3-5H2,2H3. The highest BCUT2D eigenvalue weighted by Gasteiger charge is 2.26. The Morgan fingerprint density at radius 2 is 2.38 bits per heavy atom. The molecule has 0 aliphatic carbocycles. The van der Waals surface area contributed by atoms with E-state index in [1.807, 2.05) is 0 Å². The lowest BCUT2D eigenvalue weighted by molar-refractivity contribution is -0.153. The van der Waals surface area contributed by atoms with Gasteiger partial charge in [0.2, 0.25) is 0 Å². The molecule has 0 bridgehead atoms. The second-order valence-corrected chi connectivity index (χ2v) is 2.89. The molecule has 0 aromatic carbocycles. The van der Waals surface area contributed by atoms with Crippen LogP contribution in [-0.4, -0.2) is 25.2 Å². The van der Waals surface area contributed by atoms with Crippen molar-refractivity contribution in [3.63, 3.8) is 0 Å². The second-order valence-electron chi connectivity index (χ2n) is 2.89. The van der Waals surface area contributed by atoms with E-state index in [9.17, 15) is 9.59 Å². The number of cyclic esters (lactones) is 1. The van der Waals surface area contributed by atoms with E-state index >= 15 is 0 Å². The van der Waals surface area contributed by atoms with Gasteiger partial charge in [-0.1, -0.05) is 6.58 Å². The van der Waals surface area contributed by atoms with E-state index in [-0.39, 0.29) is 11.5 Å². The third kappa shape index (κ3) is 2.31. The van der Waals surface area contributed by atoms with E-state index < -0.39 is 12.1 Å². The molecule has 0 aromatic heterocycles. The molecule has 72 valence electrons. The molecule has 1 rings (SSSR count). The van der Waals surface area contributed by atoms with Gasteiger partial charge in [-0.05, 0) is 12.8 Å². The first-order chi connectivity index (χ1) is 6.15. The quantitative estimate of drug-likeness (QED) is 0.470. The van der Waals surface area contributed by atoms with Gasteiger partial charge in [0.25, 0.3) is 0 Å². The normalized spacial score (nSPS) is 21.9. The Hall–Kier alpha value is -1.32. The van der Waals surface area contributed by atoms with Gasteiger partial charge < -0.3 is 9.47 Å². The van der Waals surface area contributed by atoms with Crippen molar-refractivity contribution in [2.45, 2.75) is 25.4 Å². The van der Waals surface area contributed by atoms with Crippen LogP contribution >= 0.6 is 0 Å². The highest BCUT2D eigenvalue weighted by Crippen LogP contribution is 2.20. The van der Waals surface area contributed by atoms with Gasteiger partial charge in [-0.15, -0.1) is 0 Å². The molecule has 0 radical (unpaired) electrons. The predicted octanol–water partition coefficient (Wildman–Crippen LogP) is 0.811. The fraction of sp³-hybridized carbons (Fsp3) is 0.556. The molecule has 1 aliphatic rings. The fourth-order valence-electron chi connectivity index (χ4n) is 1.22. The molecule has 1 saturated heterocycles. The van der Waals surface area contributed by atoms with Crippen LogP contribution in [0.25, 0.3) is 0 Å². The van der Waals surface area contributed by atoms with Crippen LogP contribution in [0.4, 0.5) is 0 Å². The smallest absolute Gasteiger partial charge is 0.336 e. The molecule has 13 heavy (non-hydrogen) atoms. The van der Waals surface area contributed by atoms with Crippen molar-refractivity contribution in [2.24, 2.45) is 0 Å². The summed E-state index contributed by atoms with van der Waals surface area (Å²) in [6.07, 6.45) is 1.32. The number of carbonyl (C=O) groups is 2. The van der Waals surface area contributed by atoms with Gasteiger partial charge in [0.15, 0.2) is 0 Å². The zero-order valence-corrected chi connectivity index (χ0v) is 7.54. The summed E-state index contributed by atoms with van der Waals surface area (Å²) >= 11 is 0. The van der Waals surface area contributed by atoms with Crippen molar-refractivity contribution < 1.29 is 19.1 Å². The molecular weight excluding hydrogens is 172 g/mol. The van der Waals surface area contributed by atoms with Gasteiger partial charge >= 0.3 is 11.9 Å². The number of hydrogen-bond acceptors (Lipinski definition) is 4. The van der Waals surface area contributed by atoms with Crippen LogP contribution in [0.5, 0.6) is 0 Å². The lowest BCUT2D eigenvalue weighted by atomic mass is 10.0. The number of esters is 2. The maximum atomic E-state index is 11.0. The molecule has 1 atom stereocenters. The summed E-state index contributed by atoms with van der Waals surface area (Å²) in [6, 6.07) is 0. The third-order valence-electron chi connectivity index (χ3n) is 1.96. The molecule has 0 N–H and O–H groups in total. The van der Waals surface area contributed by atoms with Crippen LogP contribution < -0.4 is 0 Å². The molecule has 1 heterocycles. The van der Waals surface area contributed by atoms with E-state index in [0.717, 1.165) is 6.42 Å². The molecule has 4 heteroatoms. The van der Waals surface area contributed by atoms with Crippen molar-refractivity contribution in [3.05, 3.63) is 12.2 Å². The Labute approximate surface area is 76.5 Å². The van der Waals surface area contributed by atoms with Crippen LogP contribution in [0.1, 0.15) is 19.3 Å².